The van der Waals surface area contributed by atoms with E-state index < -0.39 is 0 Å². The second-order valence-electron chi connectivity index (χ2n) is 6.72. The van der Waals surface area contributed by atoms with Crippen LogP contribution < -0.4 is 5.32 Å². The summed E-state index contributed by atoms with van der Waals surface area (Å²) in [5, 5.41) is 5.50. The van der Waals surface area contributed by atoms with Crippen LogP contribution >= 0.6 is 0 Å². The summed E-state index contributed by atoms with van der Waals surface area (Å²) in [4.78, 5) is 12.3. The molecule has 1 aliphatic carbocycles. The number of nitrogens with one attached hydrogen (secondary N) is 1. The summed E-state index contributed by atoms with van der Waals surface area (Å²) in [5.41, 5.74) is 2.28. The molecule has 1 fully saturated rings. The summed E-state index contributed by atoms with van der Waals surface area (Å²) < 4.78 is 13.0. The third-order valence-corrected chi connectivity index (χ3v) is 4.95. The molecule has 0 saturated heterocycles. The predicted molar refractivity (Wildman–Crippen MR) is 97.9 cm³/mol. The van der Waals surface area contributed by atoms with Gasteiger partial charge >= 0.3 is 0 Å². The molecule has 3 heteroatoms. The van der Waals surface area contributed by atoms with Gasteiger partial charge in [-0.15, -0.1) is 0 Å². The Morgan fingerprint density at radius 3 is 2.56 bits per heavy atom. The first kappa shape index (κ1) is 15.8. The topological polar surface area (TPSA) is 29.1 Å². The van der Waals surface area contributed by atoms with Gasteiger partial charge in [0.1, 0.15) is 5.82 Å². The predicted octanol–water partition coefficient (Wildman–Crippen LogP) is 4.44. The minimum atomic E-state index is -0.235. The number of carbonyl (C=O) groups is 1. The number of halogens is 1. The molecule has 0 aromatic heterocycles. The molecule has 1 N–H and O–H groups in total. The van der Waals surface area contributed by atoms with Gasteiger partial charge in [0, 0.05) is 12.5 Å². The Hall–Kier alpha value is -2.68. The highest BCUT2D eigenvalue weighted by atomic mass is 19.1. The van der Waals surface area contributed by atoms with Crippen LogP contribution in [0.25, 0.3) is 10.8 Å². The van der Waals surface area contributed by atoms with Crippen LogP contribution in [0.4, 0.5) is 4.39 Å². The first-order valence-electron chi connectivity index (χ1n) is 8.71. The monoisotopic (exact) mass is 333 g/mol. The summed E-state index contributed by atoms with van der Waals surface area (Å²) in [7, 11) is 0. The molecule has 0 spiro atoms. The van der Waals surface area contributed by atoms with Gasteiger partial charge in [-0.3, -0.25) is 4.79 Å². The van der Waals surface area contributed by atoms with Crippen molar-refractivity contribution in [2.45, 2.75) is 18.8 Å². The molecular weight excluding hydrogens is 313 g/mol. The average Bonchev–Trinajstić information content (AvgIpc) is 3.43. The van der Waals surface area contributed by atoms with E-state index in [-0.39, 0.29) is 23.6 Å². The third-order valence-electron chi connectivity index (χ3n) is 4.95. The smallest absolute Gasteiger partial charge is 0.223 e. The van der Waals surface area contributed by atoms with Crippen LogP contribution in [0.1, 0.15) is 23.5 Å². The number of fused-ring (bicyclic) bond motifs is 1. The second-order valence-corrected chi connectivity index (χ2v) is 6.72. The molecular formula is C22H20FNO. The zero-order chi connectivity index (χ0) is 17.2. The van der Waals surface area contributed by atoms with Gasteiger partial charge in [-0.25, -0.2) is 4.39 Å². The fourth-order valence-electron chi connectivity index (χ4n) is 3.42. The maximum absolute atomic E-state index is 13.0. The van der Waals surface area contributed by atoms with E-state index in [1.54, 1.807) is 12.1 Å². The highest BCUT2D eigenvalue weighted by Gasteiger charge is 2.43. The standard InChI is InChI=1S/C22H20FNO/c23-19-9-7-17(8-10-19)20-14-21(20)22(25)24-12-11-15-5-6-16-3-1-2-4-18(16)13-15/h1-10,13,20-21H,11-12,14H2,(H,24,25). The number of hydrogen-bond donors (Lipinski definition) is 1. The second kappa shape index (κ2) is 6.67. The molecule has 0 radical (unpaired) electrons. The maximum atomic E-state index is 13.0. The zero-order valence-electron chi connectivity index (χ0n) is 13.9. The van der Waals surface area contributed by atoms with Crippen molar-refractivity contribution in [3.63, 3.8) is 0 Å². The van der Waals surface area contributed by atoms with E-state index >= 15 is 0 Å². The van der Waals surface area contributed by atoms with Crippen LogP contribution in [-0.4, -0.2) is 12.5 Å². The van der Waals surface area contributed by atoms with E-state index in [9.17, 15) is 9.18 Å². The summed E-state index contributed by atoms with van der Waals surface area (Å²) in [5.74, 6) is 0.138. The van der Waals surface area contributed by atoms with Crippen LogP contribution in [0.3, 0.4) is 0 Å². The largest absolute Gasteiger partial charge is 0.356 e. The fourth-order valence-corrected chi connectivity index (χ4v) is 3.42. The van der Waals surface area contributed by atoms with Gasteiger partial charge in [-0.05, 0) is 52.8 Å². The molecule has 1 saturated carbocycles. The van der Waals surface area contributed by atoms with Crippen LogP contribution in [0.15, 0.2) is 66.7 Å². The lowest BCUT2D eigenvalue weighted by Gasteiger charge is -2.07. The summed E-state index contributed by atoms with van der Waals surface area (Å²) in [6, 6.07) is 21.2. The van der Waals surface area contributed by atoms with Crippen molar-refractivity contribution in [1.82, 2.24) is 5.32 Å². The van der Waals surface area contributed by atoms with Crippen molar-refractivity contribution in [1.29, 1.82) is 0 Å². The minimum absolute atomic E-state index is 0.0297. The number of amides is 1. The lowest BCUT2D eigenvalue weighted by atomic mass is 10.1. The van der Waals surface area contributed by atoms with Crippen LogP contribution in [0.5, 0.6) is 0 Å². The molecule has 4 rings (SSSR count). The first-order valence-corrected chi connectivity index (χ1v) is 8.71. The van der Waals surface area contributed by atoms with E-state index in [0.717, 1.165) is 18.4 Å². The summed E-state index contributed by atoms with van der Waals surface area (Å²) >= 11 is 0. The Morgan fingerprint density at radius 2 is 1.76 bits per heavy atom. The number of hydrogen-bond acceptors (Lipinski definition) is 1. The molecule has 2 nitrogen and oxygen atoms in total. The van der Waals surface area contributed by atoms with Gasteiger partial charge in [0.2, 0.25) is 5.91 Å². The zero-order valence-corrected chi connectivity index (χ0v) is 13.9. The van der Waals surface area contributed by atoms with Crippen molar-refractivity contribution >= 4 is 16.7 Å². The minimum Gasteiger partial charge on any atom is -0.356 e. The average molecular weight is 333 g/mol. The lowest BCUT2D eigenvalue weighted by Crippen LogP contribution is -2.27. The van der Waals surface area contributed by atoms with Crippen molar-refractivity contribution in [2.75, 3.05) is 6.54 Å². The lowest BCUT2D eigenvalue weighted by molar-refractivity contribution is -0.122. The Morgan fingerprint density at radius 1 is 1.00 bits per heavy atom. The maximum Gasteiger partial charge on any atom is 0.223 e. The summed E-state index contributed by atoms with van der Waals surface area (Å²) in [6.45, 7) is 0.643. The van der Waals surface area contributed by atoms with E-state index in [2.05, 4.69) is 35.6 Å². The fraction of sp³-hybridized carbons (Fsp3) is 0.227. The van der Waals surface area contributed by atoms with Gasteiger partial charge < -0.3 is 5.32 Å². The Labute approximate surface area is 146 Å². The molecule has 0 bridgehead atoms. The molecule has 2 atom stereocenters. The van der Waals surface area contributed by atoms with Gasteiger partial charge in [-0.2, -0.15) is 0 Å². The SMILES string of the molecule is O=C(NCCc1ccc2ccccc2c1)C1CC1c1ccc(F)cc1. The summed E-state index contributed by atoms with van der Waals surface area (Å²) in [6.07, 6.45) is 1.68. The third kappa shape index (κ3) is 3.55. The molecule has 1 amide bonds. The van der Waals surface area contributed by atoms with Crippen LogP contribution in [0.2, 0.25) is 0 Å². The molecule has 2 unspecified atom stereocenters. The molecule has 0 heterocycles. The Balaban J connectivity index is 1.29. The Bertz CT molecular complexity index is 903. The highest BCUT2D eigenvalue weighted by Crippen LogP contribution is 2.47. The molecule has 0 aliphatic heterocycles. The molecule has 126 valence electrons. The van der Waals surface area contributed by atoms with E-state index in [1.807, 2.05) is 12.1 Å². The van der Waals surface area contributed by atoms with Gasteiger partial charge in [0.25, 0.3) is 0 Å². The molecule has 3 aromatic carbocycles. The first-order chi connectivity index (χ1) is 12.2. The Kier molecular flexibility index (Phi) is 4.22. The molecule has 1 aliphatic rings. The van der Waals surface area contributed by atoms with E-state index in [4.69, 9.17) is 0 Å². The number of carbonyl (C=O) groups excluding carboxylic acids is 1. The van der Waals surface area contributed by atoms with Crippen molar-refractivity contribution in [3.8, 4) is 0 Å². The highest BCUT2D eigenvalue weighted by molar-refractivity contribution is 5.83. The molecule has 3 aromatic rings. The number of rotatable bonds is 5. The van der Waals surface area contributed by atoms with Gasteiger partial charge in [0.15, 0.2) is 0 Å². The van der Waals surface area contributed by atoms with Crippen molar-refractivity contribution in [3.05, 3.63) is 83.7 Å². The van der Waals surface area contributed by atoms with Gasteiger partial charge in [0.05, 0.1) is 0 Å². The quantitative estimate of drug-likeness (QED) is 0.735. The van der Waals surface area contributed by atoms with Crippen LogP contribution in [0, 0.1) is 11.7 Å². The van der Waals surface area contributed by atoms with Gasteiger partial charge in [-0.1, -0.05) is 54.6 Å². The van der Waals surface area contributed by atoms with Crippen LogP contribution in [-0.2, 0) is 11.2 Å². The van der Waals surface area contributed by atoms with Crippen molar-refractivity contribution < 1.29 is 9.18 Å². The van der Waals surface area contributed by atoms with E-state index in [0.29, 0.717) is 6.54 Å². The number of benzene rings is 3. The van der Waals surface area contributed by atoms with E-state index in [1.165, 1.54) is 28.5 Å². The normalized spacial score (nSPS) is 18.9. The van der Waals surface area contributed by atoms with Crippen molar-refractivity contribution in [2.24, 2.45) is 5.92 Å². The molecule has 25 heavy (non-hydrogen) atoms.